The van der Waals surface area contributed by atoms with Crippen molar-refractivity contribution in [2.75, 3.05) is 20.2 Å². The third-order valence-corrected chi connectivity index (χ3v) is 9.85. The molecule has 1 aliphatic carbocycles. The molecule has 12 nitrogen and oxygen atoms in total. The molecule has 13 heteroatoms. The number of primary amides is 1. The molecule has 1 unspecified atom stereocenters. The van der Waals surface area contributed by atoms with Crippen molar-refractivity contribution in [1.82, 2.24) is 14.5 Å². The molecule has 0 spiro atoms. The van der Waals surface area contributed by atoms with Gasteiger partial charge in [-0.15, -0.1) is 0 Å². The number of methoxy groups -OCH3 is 1. The lowest BCUT2D eigenvalue weighted by atomic mass is 9.71. The number of aromatic nitrogens is 2. The standard InChI is InChI=1S/C36H47N5O7S/c1-35(2,3)48-34(44)40-18-16-27(17-19-40)47-26-13-11-25(12-14-26)46-21-30-39-28-20-23(31(37)49)8-15-29(28)41(30)36(4,33(38)43)24-9-6-22(7-10-24)32(42)45-5/h8,11-15,20,22,24,27H,6-7,9-10,16-19,21H2,1-5H3,(H2,37,49)(H2,38,43). The maximum absolute atomic E-state index is 13.4. The second kappa shape index (κ2) is 14.6. The third-order valence-electron chi connectivity index (χ3n) is 9.62. The molecule has 1 saturated heterocycles. The number of nitrogens with two attached hydrogens (primary N) is 2. The first-order valence-electron chi connectivity index (χ1n) is 16.8. The zero-order chi connectivity index (χ0) is 35.5. The van der Waals surface area contributed by atoms with E-state index in [1.165, 1.54) is 7.11 Å². The number of benzene rings is 2. The minimum atomic E-state index is -1.16. The Hall–Kier alpha value is -4.39. The van der Waals surface area contributed by atoms with Gasteiger partial charge in [-0.05, 0) is 102 Å². The number of amides is 2. The number of hydrogen-bond donors (Lipinski definition) is 2. The van der Waals surface area contributed by atoms with E-state index in [1.54, 1.807) is 11.0 Å². The van der Waals surface area contributed by atoms with Crippen molar-refractivity contribution < 1.29 is 33.3 Å². The fourth-order valence-corrected chi connectivity index (χ4v) is 7.01. The van der Waals surface area contributed by atoms with E-state index in [-0.39, 0.29) is 41.6 Å². The van der Waals surface area contributed by atoms with Gasteiger partial charge in [0.05, 0.1) is 24.1 Å². The smallest absolute Gasteiger partial charge is 0.410 e. The molecule has 2 heterocycles. The van der Waals surface area contributed by atoms with Crippen molar-refractivity contribution >= 4 is 46.2 Å². The first-order valence-corrected chi connectivity index (χ1v) is 17.2. The minimum absolute atomic E-state index is 0.0224. The Balaban J connectivity index is 1.31. The number of fused-ring (bicyclic) bond motifs is 1. The van der Waals surface area contributed by atoms with E-state index in [4.69, 9.17) is 47.6 Å². The number of thiocarbonyl (C=S) groups is 1. The van der Waals surface area contributed by atoms with Crippen LogP contribution in [0.3, 0.4) is 0 Å². The molecule has 3 aromatic rings. The summed E-state index contributed by atoms with van der Waals surface area (Å²) in [7, 11) is 1.40. The van der Waals surface area contributed by atoms with Gasteiger partial charge in [0.2, 0.25) is 5.91 Å². The number of esters is 1. The lowest BCUT2D eigenvalue weighted by molar-refractivity contribution is -0.147. The number of nitrogens with zero attached hydrogens (tertiary/aromatic N) is 3. The normalized spacial score (nSPS) is 19.9. The summed E-state index contributed by atoms with van der Waals surface area (Å²) in [4.78, 5) is 44.9. The van der Waals surface area contributed by atoms with Crippen molar-refractivity contribution in [2.45, 2.75) is 90.1 Å². The highest BCUT2D eigenvalue weighted by Crippen LogP contribution is 2.42. The lowest BCUT2D eigenvalue weighted by Crippen LogP contribution is -2.51. The zero-order valence-corrected chi connectivity index (χ0v) is 29.7. The number of likely N-dealkylation sites (tertiary alicyclic amines) is 1. The fraction of sp³-hybridized carbons (Fsp3) is 0.528. The second-order valence-electron chi connectivity index (χ2n) is 14.1. The van der Waals surface area contributed by atoms with E-state index >= 15 is 0 Å². The lowest BCUT2D eigenvalue weighted by Gasteiger charge is -2.41. The molecule has 5 rings (SSSR count). The molecule has 1 atom stereocenters. The molecule has 0 radical (unpaired) electrons. The maximum Gasteiger partial charge on any atom is 0.410 e. The Labute approximate surface area is 292 Å². The summed E-state index contributed by atoms with van der Waals surface area (Å²) in [6, 6.07) is 12.8. The van der Waals surface area contributed by atoms with E-state index in [2.05, 4.69) is 0 Å². The van der Waals surface area contributed by atoms with Crippen molar-refractivity contribution in [3.05, 3.63) is 53.9 Å². The summed E-state index contributed by atoms with van der Waals surface area (Å²) in [5.41, 5.74) is 12.4. The molecule has 2 amide bonds. The molecule has 0 bridgehead atoms. The first kappa shape index (κ1) is 35.9. The van der Waals surface area contributed by atoms with Crippen LogP contribution >= 0.6 is 12.2 Å². The largest absolute Gasteiger partial charge is 0.490 e. The van der Waals surface area contributed by atoms with Gasteiger partial charge in [-0.1, -0.05) is 12.2 Å². The molecular formula is C36H47N5O7S. The van der Waals surface area contributed by atoms with E-state index < -0.39 is 17.0 Å². The molecule has 1 aliphatic heterocycles. The number of carbonyl (C=O) groups excluding carboxylic acids is 3. The zero-order valence-electron chi connectivity index (χ0n) is 28.9. The number of rotatable bonds is 10. The molecule has 2 aromatic carbocycles. The minimum Gasteiger partial charge on any atom is -0.490 e. The molecule has 1 saturated carbocycles. The van der Waals surface area contributed by atoms with Gasteiger partial charge >= 0.3 is 12.1 Å². The third kappa shape index (κ3) is 8.09. The van der Waals surface area contributed by atoms with Gasteiger partial charge in [0.25, 0.3) is 0 Å². The number of piperidine rings is 1. The topological polar surface area (TPSA) is 161 Å². The van der Waals surface area contributed by atoms with Gasteiger partial charge < -0.3 is 39.9 Å². The molecule has 1 aromatic heterocycles. The average Bonchev–Trinajstić information content (AvgIpc) is 3.45. The van der Waals surface area contributed by atoms with Crippen LogP contribution in [0.5, 0.6) is 11.5 Å². The molecular weight excluding hydrogens is 646 g/mol. The Bertz CT molecular complexity index is 1690. The van der Waals surface area contributed by atoms with E-state index in [9.17, 15) is 14.4 Å². The van der Waals surface area contributed by atoms with Gasteiger partial charge in [0.15, 0.2) is 0 Å². The average molecular weight is 694 g/mol. The second-order valence-corrected chi connectivity index (χ2v) is 14.5. The molecule has 49 heavy (non-hydrogen) atoms. The van der Waals surface area contributed by atoms with E-state index in [0.29, 0.717) is 85.5 Å². The van der Waals surface area contributed by atoms with Crippen LogP contribution in [0.15, 0.2) is 42.5 Å². The summed E-state index contributed by atoms with van der Waals surface area (Å²) in [6.07, 6.45) is 3.51. The van der Waals surface area contributed by atoms with Crippen LogP contribution in [0.25, 0.3) is 11.0 Å². The summed E-state index contributed by atoms with van der Waals surface area (Å²) < 4.78 is 24.8. The summed E-state index contributed by atoms with van der Waals surface area (Å²) in [5.74, 6) is 0.732. The molecule has 4 N–H and O–H groups in total. The predicted octanol–water partition coefficient (Wildman–Crippen LogP) is 5.21. The van der Waals surface area contributed by atoms with Gasteiger partial charge in [0, 0.05) is 31.5 Å². The molecule has 264 valence electrons. The van der Waals surface area contributed by atoms with Gasteiger partial charge in [0.1, 0.15) is 46.2 Å². The monoisotopic (exact) mass is 693 g/mol. The Morgan fingerprint density at radius 1 is 0.918 bits per heavy atom. The Morgan fingerprint density at radius 3 is 2.12 bits per heavy atom. The van der Waals surface area contributed by atoms with E-state index in [1.807, 2.05) is 68.7 Å². The summed E-state index contributed by atoms with van der Waals surface area (Å²) in [5, 5.41) is 0. The van der Waals surface area contributed by atoms with Gasteiger partial charge in [-0.3, -0.25) is 9.59 Å². The molecule has 2 fully saturated rings. The van der Waals surface area contributed by atoms with Gasteiger partial charge in [-0.2, -0.15) is 0 Å². The van der Waals surface area contributed by atoms with Crippen molar-refractivity contribution in [3.8, 4) is 11.5 Å². The van der Waals surface area contributed by atoms with Crippen LogP contribution in [-0.4, -0.2) is 69.3 Å². The SMILES string of the molecule is COC(=O)C1CCC(C(C)(C(N)=O)n2c(COc3ccc(OC4CCN(C(=O)OC(C)(C)C)CC4)cc3)nc3cc(C(N)=S)ccc32)CC1. The molecule has 2 aliphatic rings. The van der Waals surface area contributed by atoms with Crippen molar-refractivity contribution in [2.24, 2.45) is 23.3 Å². The van der Waals surface area contributed by atoms with Crippen LogP contribution in [0.1, 0.15) is 77.6 Å². The summed E-state index contributed by atoms with van der Waals surface area (Å²) >= 11 is 5.21. The quantitative estimate of drug-likeness (QED) is 0.213. The summed E-state index contributed by atoms with van der Waals surface area (Å²) in [6.45, 7) is 8.61. The number of imidazole rings is 1. The highest BCUT2D eigenvalue weighted by Gasteiger charge is 2.46. The number of carbonyl (C=O) groups is 3. The van der Waals surface area contributed by atoms with Crippen molar-refractivity contribution in [1.29, 1.82) is 0 Å². The maximum atomic E-state index is 13.4. The van der Waals surface area contributed by atoms with Crippen LogP contribution in [0, 0.1) is 11.8 Å². The highest BCUT2D eigenvalue weighted by molar-refractivity contribution is 7.80. The predicted molar refractivity (Wildman–Crippen MR) is 188 cm³/mol. The fourth-order valence-electron chi connectivity index (χ4n) is 6.89. The van der Waals surface area contributed by atoms with Crippen LogP contribution in [0.2, 0.25) is 0 Å². The van der Waals surface area contributed by atoms with Crippen LogP contribution in [0.4, 0.5) is 4.79 Å². The highest BCUT2D eigenvalue weighted by atomic mass is 32.1. The van der Waals surface area contributed by atoms with Crippen LogP contribution < -0.4 is 20.9 Å². The van der Waals surface area contributed by atoms with E-state index in [0.717, 1.165) is 0 Å². The number of hydrogen-bond acceptors (Lipinski definition) is 9. The number of ether oxygens (including phenoxy) is 4. The van der Waals surface area contributed by atoms with Gasteiger partial charge in [-0.25, -0.2) is 9.78 Å². The van der Waals surface area contributed by atoms with Crippen molar-refractivity contribution in [3.63, 3.8) is 0 Å². The first-order chi connectivity index (χ1) is 23.2. The van der Waals surface area contributed by atoms with Crippen LogP contribution in [-0.2, 0) is 31.2 Å². The Kier molecular flexibility index (Phi) is 10.7. The Morgan fingerprint density at radius 2 is 1.55 bits per heavy atom.